The van der Waals surface area contributed by atoms with E-state index in [-0.39, 0.29) is 18.5 Å². The Bertz CT molecular complexity index is 362. The summed E-state index contributed by atoms with van der Waals surface area (Å²) in [7, 11) is 0. The number of imide groups is 1. The number of urea groups is 1. The van der Waals surface area contributed by atoms with Gasteiger partial charge in [0.2, 0.25) is 5.91 Å². The fourth-order valence-electron chi connectivity index (χ4n) is 1.47. The summed E-state index contributed by atoms with van der Waals surface area (Å²) in [5.74, 6) is -0.158. The summed E-state index contributed by atoms with van der Waals surface area (Å²) in [6.45, 7) is 0.545. The maximum atomic E-state index is 11.2. The zero-order valence-electron chi connectivity index (χ0n) is 8.14. The smallest absolute Gasteiger partial charge is 0.324 e. The topological polar surface area (TPSA) is 62.3 Å². The number of rotatable bonds is 3. The van der Waals surface area contributed by atoms with Crippen LogP contribution in [0.5, 0.6) is 0 Å². The van der Waals surface area contributed by atoms with Gasteiger partial charge in [0.05, 0.1) is 6.54 Å². The van der Waals surface area contributed by atoms with Gasteiger partial charge >= 0.3 is 6.03 Å². The number of aromatic nitrogens is 1. The predicted molar refractivity (Wildman–Crippen MR) is 53.1 cm³/mol. The molecule has 3 amide bonds. The maximum Gasteiger partial charge on any atom is 0.324 e. The van der Waals surface area contributed by atoms with E-state index < -0.39 is 0 Å². The Kier molecular flexibility index (Phi) is 2.62. The molecule has 1 aliphatic rings. The second-order valence-corrected chi connectivity index (χ2v) is 3.31. The van der Waals surface area contributed by atoms with Gasteiger partial charge in [-0.25, -0.2) is 4.79 Å². The van der Waals surface area contributed by atoms with E-state index in [2.05, 4.69) is 10.3 Å². The molecule has 78 valence electrons. The lowest BCUT2D eigenvalue weighted by molar-refractivity contribution is -0.124. The van der Waals surface area contributed by atoms with Crippen LogP contribution in [0.1, 0.15) is 5.56 Å². The third-order valence-electron chi connectivity index (χ3n) is 2.31. The molecule has 0 atom stereocenters. The molecule has 0 aromatic carbocycles. The molecule has 0 spiro atoms. The predicted octanol–water partition coefficient (Wildman–Crippen LogP) is 0.176. The first-order valence-corrected chi connectivity index (χ1v) is 4.74. The van der Waals surface area contributed by atoms with Gasteiger partial charge < -0.3 is 5.32 Å². The number of carbonyl (C=O) groups excluding carboxylic acids is 2. The number of nitrogens with zero attached hydrogens (tertiary/aromatic N) is 2. The summed E-state index contributed by atoms with van der Waals surface area (Å²) in [6, 6.07) is 3.45. The van der Waals surface area contributed by atoms with Crippen LogP contribution < -0.4 is 5.32 Å². The first-order valence-electron chi connectivity index (χ1n) is 4.74. The molecule has 2 rings (SSSR count). The standard InChI is InChI=1S/C10H11N3O2/c14-9-7-12-10(15)13(9)6-3-8-1-4-11-5-2-8/h1-2,4-5H,3,6-7H2,(H,12,15). The molecule has 5 heteroatoms. The minimum Gasteiger partial charge on any atom is -0.329 e. The second-order valence-electron chi connectivity index (χ2n) is 3.31. The Morgan fingerprint density at radius 2 is 2.07 bits per heavy atom. The highest BCUT2D eigenvalue weighted by atomic mass is 16.2. The lowest BCUT2D eigenvalue weighted by Gasteiger charge is -2.11. The van der Waals surface area contributed by atoms with Gasteiger partial charge in [-0.15, -0.1) is 0 Å². The Hall–Kier alpha value is -1.91. The second kappa shape index (κ2) is 4.08. The zero-order chi connectivity index (χ0) is 10.7. The van der Waals surface area contributed by atoms with Crippen molar-refractivity contribution in [3.63, 3.8) is 0 Å². The lowest BCUT2D eigenvalue weighted by Crippen LogP contribution is -2.32. The van der Waals surface area contributed by atoms with E-state index in [1.165, 1.54) is 4.90 Å². The average Bonchev–Trinajstić information content (AvgIpc) is 2.58. The molecule has 0 unspecified atom stereocenters. The number of hydrogen-bond acceptors (Lipinski definition) is 3. The molecule has 1 aromatic heterocycles. The summed E-state index contributed by atoms with van der Waals surface area (Å²) >= 11 is 0. The maximum absolute atomic E-state index is 11.2. The minimum absolute atomic E-state index is 0.120. The molecular formula is C10H11N3O2. The molecule has 0 bridgehead atoms. The van der Waals surface area contributed by atoms with E-state index in [9.17, 15) is 9.59 Å². The molecule has 1 saturated heterocycles. The summed E-state index contributed by atoms with van der Waals surface area (Å²) in [5.41, 5.74) is 1.07. The highest BCUT2D eigenvalue weighted by Crippen LogP contribution is 2.03. The largest absolute Gasteiger partial charge is 0.329 e. The van der Waals surface area contributed by atoms with E-state index in [4.69, 9.17) is 0 Å². The summed E-state index contributed by atoms with van der Waals surface area (Å²) in [5, 5.41) is 2.48. The van der Waals surface area contributed by atoms with E-state index >= 15 is 0 Å². The fourth-order valence-corrected chi connectivity index (χ4v) is 1.47. The fraction of sp³-hybridized carbons (Fsp3) is 0.300. The van der Waals surface area contributed by atoms with Crippen molar-refractivity contribution in [2.45, 2.75) is 6.42 Å². The van der Waals surface area contributed by atoms with Crippen LogP contribution in [-0.2, 0) is 11.2 Å². The van der Waals surface area contributed by atoms with Gasteiger partial charge in [0.1, 0.15) is 0 Å². The van der Waals surface area contributed by atoms with Gasteiger partial charge in [-0.05, 0) is 24.1 Å². The number of amides is 3. The molecule has 1 N–H and O–H groups in total. The average molecular weight is 205 g/mol. The van der Waals surface area contributed by atoms with Crippen molar-refractivity contribution < 1.29 is 9.59 Å². The lowest BCUT2D eigenvalue weighted by atomic mass is 10.2. The Morgan fingerprint density at radius 3 is 2.67 bits per heavy atom. The monoisotopic (exact) mass is 205 g/mol. The Balaban J connectivity index is 1.93. The van der Waals surface area contributed by atoms with Gasteiger partial charge in [0.25, 0.3) is 0 Å². The third kappa shape index (κ3) is 2.12. The molecule has 0 saturated carbocycles. The van der Waals surface area contributed by atoms with Crippen LogP contribution in [0.25, 0.3) is 0 Å². The van der Waals surface area contributed by atoms with Crippen molar-refractivity contribution in [1.82, 2.24) is 15.2 Å². The number of pyridine rings is 1. The van der Waals surface area contributed by atoms with Crippen LogP contribution in [0.3, 0.4) is 0 Å². The third-order valence-corrected chi connectivity index (χ3v) is 2.31. The van der Waals surface area contributed by atoms with E-state index in [1.807, 2.05) is 12.1 Å². The SMILES string of the molecule is O=C1CNC(=O)N1CCc1ccncc1. The van der Waals surface area contributed by atoms with Crippen LogP contribution in [0.15, 0.2) is 24.5 Å². The zero-order valence-corrected chi connectivity index (χ0v) is 8.14. The van der Waals surface area contributed by atoms with E-state index in [0.717, 1.165) is 5.56 Å². The summed E-state index contributed by atoms with van der Waals surface area (Å²) < 4.78 is 0. The van der Waals surface area contributed by atoms with Crippen LogP contribution in [0.4, 0.5) is 4.79 Å². The molecule has 15 heavy (non-hydrogen) atoms. The van der Waals surface area contributed by atoms with Crippen LogP contribution in [0.2, 0.25) is 0 Å². The molecule has 5 nitrogen and oxygen atoms in total. The van der Waals surface area contributed by atoms with Gasteiger partial charge in [0, 0.05) is 18.9 Å². The molecule has 0 aliphatic carbocycles. The van der Waals surface area contributed by atoms with E-state index in [1.54, 1.807) is 12.4 Å². The molecular weight excluding hydrogens is 194 g/mol. The minimum atomic E-state index is -0.297. The van der Waals surface area contributed by atoms with Crippen molar-refractivity contribution in [2.75, 3.05) is 13.1 Å². The molecule has 1 fully saturated rings. The molecule has 1 aromatic rings. The highest BCUT2D eigenvalue weighted by Gasteiger charge is 2.27. The quantitative estimate of drug-likeness (QED) is 0.716. The number of hydrogen-bond donors (Lipinski definition) is 1. The van der Waals surface area contributed by atoms with Gasteiger partial charge in [-0.3, -0.25) is 14.7 Å². The van der Waals surface area contributed by atoms with Crippen LogP contribution in [-0.4, -0.2) is 34.9 Å². The van der Waals surface area contributed by atoms with Crippen molar-refractivity contribution in [2.24, 2.45) is 0 Å². The number of nitrogens with one attached hydrogen (secondary N) is 1. The van der Waals surface area contributed by atoms with Gasteiger partial charge in [-0.2, -0.15) is 0 Å². The molecule has 1 aliphatic heterocycles. The van der Waals surface area contributed by atoms with E-state index in [0.29, 0.717) is 13.0 Å². The summed E-state index contributed by atoms with van der Waals surface area (Å²) in [4.78, 5) is 27.6. The van der Waals surface area contributed by atoms with Crippen LogP contribution >= 0.6 is 0 Å². The van der Waals surface area contributed by atoms with Crippen molar-refractivity contribution in [3.05, 3.63) is 30.1 Å². The Labute approximate surface area is 87.1 Å². The van der Waals surface area contributed by atoms with Crippen LogP contribution in [0, 0.1) is 0 Å². The van der Waals surface area contributed by atoms with Crippen molar-refractivity contribution in [3.8, 4) is 0 Å². The Morgan fingerprint density at radius 1 is 1.33 bits per heavy atom. The molecule has 2 heterocycles. The van der Waals surface area contributed by atoms with Gasteiger partial charge in [0.15, 0.2) is 0 Å². The normalized spacial score (nSPS) is 15.6. The van der Waals surface area contributed by atoms with Crippen molar-refractivity contribution in [1.29, 1.82) is 0 Å². The first-order chi connectivity index (χ1) is 7.27. The number of carbonyl (C=O) groups is 2. The highest BCUT2D eigenvalue weighted by molar-refractivity contribution is 6.01. The van der Waals surface area contributed by atoms with Gasteiger partial charge in [-0.1, -0.05) is 0 Å². The molecule has 0 radical (unpaired) electrons. The summed E-state index contributed by atoms with van der Waals surface area (Å²) in [6.07, 6.45) is 4.06. The first kappa shape index (κ1) is 9.64. The van der Waals surface area contributed by atoms with Crippen molar-refractivity contribution >= 4 is 11.9 Å².